The summed E-state index contributed by atoms with van der Waals surface area (Å²) in [6, 6.07) is 13.2. The average Bonchev–Trinajstić information content (AvgIpc) is 3.10. The number of amides is 3. The van der Waals surface area contributed by atoms with Gasteiger partial charge in [0.05, 0.1) is 12.0 Å². The molecule has 1 aliphatic heterocycles. The van der Waals surface area contributed by atoms with Gasteiger partial charge in [-0.15, -0.1) is 0 Å². The maximum atomic E-state index is 12.1. The molecule has 2 aromatic rings. The summed E-state index contributed by atoms with van der Waals surface area (Å²) in [5.41, 5.74) is 0.848. The Labute approximate surface area is 207 Å². The van der Waals surface area contributed by atoms with Crippen LogP contribution >= 0.6 is 11.8 Å². The first-order valence-electron chi connectivity index (χ1n) is 10.7. The number of ether oxygens (including phenoxy) is 3. The molecule has 0 aromatic heterocycles. The van der Waals surface area contributed by atoms with Gasteiger partial charge in [0.25, 0.3) is 11.1 Å². The Morgan fingerprint density at radius 2 is 1.63 bits per heavy atom. The minimum absolute atomic E-state index is 0.212. The molecule has 1 atom stereocenters. The molecule has 2 aromatic carbocycles. The molecular weight excluding hydrogens is 472 g/mol. The molecule has 184 valence electrons. The maximum absolute atomic E-state index is 12.1. The van der Waals surface area contributed by atoms with Crippen LogP contribution in [0.1, 0.15) is 31.9 Å². The van der Waals surface area contributed by atoms with Crippen molar-refractivity contribution in [3.8, 4) is 11.5 Å². The van der Waals surface area contributed by atoms with Crippen molar-refractivity contribution in [1.29, 1.82) is 0 Å². The van der Waals surface area contributed by atoms with Crippen LogP contribution in [0.4, 0.5) is 9.59 Å². The van der Waals surface area contributed by atoms with Gasteiger partial charge in [-0.1, -0.05) is 24.3 Å². The molecule has 3 rings (SSSR count). The second-order valence-electron chi connectivity index (χ2n) is 8.59. The zero-order chi connectivity index (χ0) is 25.6. The fraction of sp³-hybridized carbons (Fsp3) is 0.280. The molecule has 0 radical (unpaired) electrons. The van der Waals surface area contributed by atoms with Crippen molar-refractivity contribution >= 4 is 41.0 Å². The molecule has 0 spiro atoms. The number of rotatable bonds is 7. The molecule has 1 unspecified atom stereocenters. The summed E-state index contributed by atoms with van der Waals surface area (Å²) in [5, 5.41) is 4.38. The first-order chi connectivity index (χ1) is 16.5. The van der Waals surface area contributed by atoms with Crippen LogP contribution in [0.3, 0.4) is 0 Å². The summed E-state index contributed by atoms with van der Waals surface area (Å²) in [4.78, 5) is 47.5. The molecule has 0 saturated carbocycles. The highest BCUT2D eigenvalue weighted by molar-refractivity contribution is 8.18. The van der Waals surface area contributed by atoms with Crippen molar-refractivity contribution in [3.05, 3.63) is 64.6 Å². The number of alkyl carbamates (subject to hydrolysis) is 1. The molecule has 1 saturated heterocycles. The summed E-state index contributed by atoms with van der Waals surface area (Å²) in [6.07, 6.45) is 1.14. The molecule has 1 heterocycles. The maximum Gasteiger partial charge on any atom is 0.408 e. The largest absolute Gasteiger partial charge is 0.467 e. The second kappa shape index (κ2) is 11.1. The van der Waals surface area contributed by atoms with Gasteiger partial charge in [0.2, 0.25) is 0 Å². The SMILES string of the molecule is COC(=O)C(Cc1ccc(Oc2ccc(/C=C3/SC(=O)NC3=O)cc2)cc1)NC(=O)OC(C)(C)C. The van der Waals surface area contributed by atoms with Crippen molar-refractivity contribution < 1.29 is 33.4 Å². The van der Waals surface area contributed by atoms with Crippen LogP contribution in [0.25, 0.3) is 6.08 Å². The molecule has 35 heavy (non-hydrogen) atoms. The minimum atomic E-state index is -0.904. The average molecular weight is 499 g/mol. The molecule has 0 bridgehead atoms. The Morgan fingerprint density at radius 1 is 1.03 bits per heavy atom. The number of esters is 1. The minimum Gasteiger partial charge on any atom is -0.467 e. The van der Waals surface area contributed by atoms with E-state index in [1.54, 1.807) is 75.4 Å². The topological polar surface area (TPSA) is 120 Å². The molecule has 10 heteroatoms. The van der Waals surface area contributed by atoms with E-state index in [1.165, 1.54) is 7.11 Å². The van der Waals surface area contributed by atoms with Gasteiger partial charge in [-0.05, 0) is 74.0 Å². The Kier molecular flexibility index (Phi) is 8.18. The summed E-state index contributed by atoms with van der Waals surface area (Å²) >= 11 is 0.860. The predicted molar refractivity (Wildman–Crippen MR) is 131 cm³/mol. The number of carbonyl (C=O) groups is 4. The lowest BCUT2D eigenvalue weighted by Crippen LogP contribution is -2.45. The molecule has 1 fully saturated rings. The number of methoxy groups -OCH3 is 1. The number of benzene rings is 2. The number of nitrogens with one attached hydrogen (secondary N) is 2. The third-order valence-electron chi connectivity index (χ3n) is 4.60. The third-order valence-corrected chi connectivity index (χ3v) is 5.41. The first-order valence-corrected chi connectivity index (χ1v) is 11.5. The summed E-state index contributed by atoms with van der Waals surface area (Å²) in [6.45, 7) is 5.20. The van der Waals surface area contributed by atoms with E-state index in [0.29, 0.717) is 16.4 Å². The fourth-order valence-corrected chi connectivity index (χ4v) is 3.74. The Hall–Kier alpha value is -3.79. The zero-order valence-corrected chi connectivity index (χ0v) is 20.6. The van der Waals surface area contributed by atoms with Crippen LogP contribution < -0.4 is 15.4 Å². The number of imide groups is 1. The highest BCUT2D eigenvalue weighted by Crippen LogP contribution is 2.27. The smallest absolute Gasteiger partial charge is 0.408 e. The fourth-order valence-electron chi connectivity index (χ4n) is 3.06. The van der Waals surface area contributed by atoms with Gasteiger partial charge in [0.1, 0.15) is 23.1 Å². The Morgan fingerprint density at radius 3 is 2.14 bits per heavy atom. The van der Waals surface area contributed by atoms with E-state index in [-0.39, 0.29) is 11.7 Å². The van der Waals surface area contributed by atoms with Gasteiger partial charge >= 0.3 is 12.1 Å². The number of thioether (sulfide) groups is 1. The van der Waals surface area contributed by atoms with Crippen molar-refractivity contribution in [1.82, 2.24) is 10.6 Å². The van der Waals surface area contributed by atoms with E-state index in [9.17, 15) is 19.2 Å². The van der Waals surface area contributed by atoms with E-state index >= 15 is 0 Å². The second-order valence-corrected chi connectivity index (χ2v) is 9.61. The Balaban J connectivity index is 1.61. The van der Waals surface area contributed by atoms with E-state index in [1.807, 2.05) is 0 Å². The van der Waals surface area contributed by atoms with Crippen LogP contribution in [0, 0.1) is 0 Å². The van der Waals surface area contributed by atoms with Crippen molar-refractivity contribution in [2.75, 3.05) is 7.11 Å². The molecule has 1 aliphatic rings. The van der Waals surface area contributed by atoms with Gasteiger partial charge in [0.15, 0.2) is 0 Å². The van der Waals surface area contributed by atoms with Crippen molar-refractivity contribution in [3.63, 3.8) is 0 Å². The highest BCUT2D eigenvalue weighted by atomic mass is 32.2. The Bertz CT molecular complexity index is 1140. The first kappa shape index (κ1) is 25.8. The van der Waals surface area contributed by atoms with Gasteiger partial charge in [-0.25, -0.2) is 9.59 Å². The summed E-state index contributed by atoms with van der Waals surface area (Å²) in [5.74, 6) is 0.171. The lowest BCUT2D eigenvalue weighted by molar-refractivity contribution is -0.143. The highest BCUT2D eigenvalue weighted by Gasteiger charge is 2.26. The summed E-state index contributed by atoms with van der Waals surface area (Å²) < 4.78 is 15.9. The van der Waals surface area contributed by atoms with Crippen LogP contribution in [0.5, 0.6) is 11.5 Å². The third kappa shape index (κ3) is 7.89. The predicted octanol–water partition coefficient (Wildman–Crippen LogP) is 4.41. The zero-order valence-electron chi connectivity index (χ0n) is 19.7. The van der Waals surface area contributed by atoms with E-state index < -0.39 is 29.6 Å². The van der Waals surface area contributed by atoms with E-state index in [4.69, 9.17) is 14.2 Å². The molecule has 9 nitrogen and oxygen atoms in total. The molecule has 0 aliphatic carbocycles. The van der Waals surface area contributed by atoms with Crippen LogP contribution in [0.2, 0.25) is 0 Å². The van der Waals surface area contributed by atoms with Crippen molar-refractivity contribution in [2.24, 2.45) is 0 Å². The van der Waals surface area contributed by atoms with Crippen LogP contribution in [-0.2, 0) is 25.5 Å². The lowest BCUT2D eigenvalue weighted by Gasteiger charge is -2.22. The van der Waals surface area contributed by atoms with E-state index in [2.05, 4.69) is 10.6 Å². The van der Waals surface area contributed by atoms with Gasteiger partial charge in [-0.3, -0.25) is 14.9 Å². The van der Waals surface area contributed by atoms with Crippen LogP contribution in [-0.4, -0.2) is 42.0 Å². The van der Waals surface area contributed by atoms with Crippen molar-refractivity contribution in [2.45, 2.75) is 38.8 Å². The molecule has 2 N–H and O–H groups in total. The standard InChI is InChI=1S/C25H26N2O7S/c1-25(2,3)34-23(30)26-19(22(29)32-4)13-15-5-9-17(10-6-15)33-18-11-7-16(8-12-18)14-20-21(28)27-24(31)35-20/h5-12,14,19H,13H2,1-4H3,(H,26,30)(H,27,28,31)/b20-14+. The summed E-state index contributed by atoms with van der Waals surface area (Å²) in [7, 11) is 1.26. The van der Waals surface area contributed by atoms with Gasteiger partial charge < -0.3 is 19.5 Å². The quantitative estimate of drug-likeness (QED) is 0.425. The normalized spacial score (nSPS) is 15.4. The molecule has 3 amide bonds. The van der Waals surface area contributed by atoms with E-state index in [0.717, 1.165) is 22.9 Å². The number of hydrogen-bond donors (Lipinski definition) is 2. The monoisotopic (exact) mass is 498 g/mol. The van der Waals surface area contributed by atoms with Gasteiger partial charge in [-0.2, -0.15) is 0 Å². The lowest BCUT2D eigenvalue weighted by atomic mass is 10.1. The number of hydrogen-bond acceptors (Lipinski definition) is 8. The van der Waals surface area contributed by atoms with Crippen LogP contribution in [0.15, 0.2) is 53.4 Å². The number of carbonyl (C=O) groups excluding carboxylic acids is 4. The molecular formula is C25H26N2O7S. The van der Waals surface area contributed by atoms with Gasteiger partial charge in [0, 0.05) is 6.42 Å².